The van der Waals surface area contributed by atoms with E-state index in [0.29, 0.717) is 37.0 Å². The van der Waals surface area contributed by atoms with E-state index in [9.17, 15) is 18.0 Å². The van der Waals surface area contributed by atoms with Gasteiger partial charge in [-0.1, -0.05) is 32.1 Å². The fourth-order valence-electron chi connectivity index (χ4n) is 5.62. The van der Waals surface area contributed by atoms with Crippen LogP contribution in [0.4, 0.5) is 5.69 Å². The number of benzene rings is 1. The Kier molecular flexibility index (Phi) is 8.26. The van der Waals surface area contributed by atoms with Gasteiger partial charge in [0.1, 0.15) is 0 Å². The molecule has 4 rings (SSSR count). The van der Waals surface area contributed by atoms with Gasteiger partial charge in [-0.25, -0.2) is 8.42 Å². The summed E-state index contributed by atoms with van der Waals surface area (Å²) in [6.07, 6.45) is 10.6. The molecule has 1 aromatic carbocycles. The summed E-state index contributed by atoms with van der Waals surface area (Å²) in [5.41, 5.74) is 7.15. The molecule has 188 valence electrons. The van der Waals surface area contributed by atoms with Crippen LogP contribution in [0, 0.1) is 5.92 Å². The molecule has 8 nitrogen and oxygen atoms in total. The lowest BCUT2D eigenvalue weighted by atomic mass is 9.87. The monoisotopic (exact) mass is 490 g/mol. The van der Waals surface area contributed by atoms with Crippen molar-refractivity contribution in [2.45, 2.75) is 69.1 Å². The van der Waals surface area contributed by atoms with Crippen molar-refractivity contribution in [2.24, 2.45) is 11.7 Å². The Bertz CT molecular complexity index is 985. The molecular formula is C25H38N4O4S. The first-order valence-electron chi connectivity index (χ1n) is 12.8. The molecule has 1 aliphatic carbocycles. The molecule has 1 saturated carbocycles. The number of carbonyl (C=O) groups excluding carboxylic acids is 2. The maximum atomic E-state index is 13.3. The highest BCUT2D eigenvalue weighted by Crippen LogP contribution is 2.32. The summed E-state index contributed by atoms with van der Waals surface area (Å²) in [5, 5.41) is 0. The number of sulfonamides is 1. The van der Waals surface area contributed by atoms with Gasteiger partial charge in [0.05, 0.1) is 18.0 Å². The number of anilines is 1. The lowest BCUT2D eigenvalue weighted by Gasteiger charge is -2.32. The first-order valence-corrected chi connectivity index (χ1v) is 14.2. The summed E-state index contributed by atoms with van der Waals surface area (Å²) in [6, 6.07) is 5.14. The summed E-state index contributed by atoms with van der Waals surface area (Å²) < 4.78 is 27.5. The predicted molar refractivity (Wildman–Crippen MR) is 132 cm³/mol. The van der Waals surface area contributed by atoms with Crippen molar-refractivity contribution in [3.05, 3.63) is 23.8 Å². The molecule has 2 aliphatic heterocycles. The second-order valence-electron chi connectivity index (χ2n) is 10.0. The second kappa shape index (κ2) is 11.2. The topological polar surface area (TPSA) is 104 Å². The number of primary amides is 1. The fraction of sp³-hybridized carbons (Fsp3) is 0.680. The summed E-state index contributed by atoms with van der Waals surface area (Å²) in [6.45, 7) is 2.64. The highest BCUT2D eigenvalue weighted by atomic mass is 32.2. The van der Waals surface area contributed by atoms with Gasteiger partial charge in [0, 0.05) is 25.3 Å². The maximum absolute atomic E-state index is 13.3. The largest absolute Gasteiger partial charge is 0.369 e. The van der Waals surface area contributed by atoms with E-state index in [2.05, 4.69) is 0 Å². The van der Waals surface area contributed by atoms with E-state index >= 15 is 0 Å². The van der Waals surface area contributed by atoms with E-state index in [4.69, 9.17) is 5.73 Å². The molecule has 3 aliphatic rings. The third-order valence-electron chi connectivity index (χ3n) is 7.49. The molecule has 9 heteroatoms. The highest BCUT2D eigenvalue weighted by Gasteiger charge is 2.30. The lowest BCUT2D eigenvalue weighted by molar-refractivity contribution is -0.122. The summed E-state index contributed by atoms with van der Waals surface area (Å²) in [5.74, 6) is 0.166. The summed E-state index contributed by atoms with van der Waals surface area (Å²) >= 11 is 0. The zero-order valence-electron chi connectivity index (χ0n) is 20.1. The van der Waals surface area contributed by atoms with Gasteiger partial charge in [-0.3, -0.25) is 14.5 Å². The molecule has 0 bridgehead atoms. The van der Waals surface area contributed by atoms with Crippen LogP contribution in [0.2, 0.25) is 0 Å². The number of aryl methyl sites for hydroxylation is 1. The first kappa shape index (κ1) is 25.1. The normalized spacial score (nSPS) is 20.0. The van der Waals surface area contributed by atoms with Crippen LogP contribution in [-0.2, 0) is 26.0 Å². The Labute approximate surface area is 203 Å². The van der Waals surface area contributed by atoms with Crippen LogP contribution < -0.4 is 10.6 Å². The van der Waals surface area contributed by atoms with Gasteiger partial charge in [0.15, 0.2) is 0 Å². The molecule has 2 fully saturated rings. The van der Waals surface area contributed by atoms with E-state index in [-0.39, 0.29) is 19.0 Å². The van der Waals surface area contributed by atoms with Gasteiger partial charge in [0.2, 0.25) is 21.8 Å². The number of amides is 2. The number of hydrogen-bond acceptors (Lipinski definition) is 5. The van der Waals surface area contributed by atoms with Gasteiger partial charge < -0.3 is 10.6 Å². The Balaban J connectivity index is 1.45. The smallest absolute Gasteiger partial charge is 0.243 e. The van der Waals surface area contributed by atoms with E-state index in [0.717, 1.165) is 43.4 Å². The quantitative estimate of drug-likeness (QED) is 0.573. The molecule has 0 radical (unpaired) electrons. The van der Waals surface area contributed by atoms with Crippen LogP contribution in [0.5, 0.6) is 0 Å². The fourth-order valence-corrected chi connectivity index (χ4v) is 7.19. The number of hydrogen-bond donors (Lipinski definition) is 1. The van der Waals surface area contributed by atoms with E-state index < -0.39 is 15.9 Å². The summed E-state index contributed by atoms with van der Waals surface area (Å²) in [7, 11) is -3.49. The third kappa shape index (κ3) is 5.98. The first-order chi connectivity index (χ1) is 16.3. The Morgan fingerprint density at radius 1 is 0.971 bits per heavy atom. The Hall–Kier alpha value is -1.97. The molecule has 1 saturated heterocycles. The van der Waals surface area contributed by atoms with Crippen molar-refractivity contribution < 1.29 is 18.0 Å². The summed E-state index contributed by atoms with van der Waals surface area (Å²) in [4.78, 5) is 28.9. The minimum absolute atomic E-state index is 0.0685. The van der Waals surface area contributed by atoms with Gasteiger partial charge in [-0.05, 0) is 68.3 Å². The number of carbonyl (C=O) groups is 2. The molecule has 2 N–H and O–H groups in total. The lowest BCUT2D eigenvalue weighted by Crippen LogP contribution is -2.45. The van der Waals surface area contributed by atoms with Gasteiger partial charge in [-0.2, -0.15) is 4.31 Å². The zero-order chi connectivity index (χ0) is 24.1. The molecular weight excluding hydrogens is 452 g/mol. The number of rotatable bonds is 9. The predicted octanol–water partition coefficient (Wildman–Crippen LogP) is 2.51. The van der Waals surface area contributed by atoms with Crippen LogP contribution in [-0.4, -0.2) is 68.7 Å². The maximum Gasteiger partial charge on any atom is 0.243 e. The molecule has 1 aromatic rings. The molecule has 2 heterocycles. The Morgan fingerprint density at radius 3 is 2.41 bits per heavy atom. The van der Waals surface area contributed by atoms with Crippen LogP contribution in [0.15, 0.2) is 23.1 Å². The second-order valence-corrected chi connectivity index (χ2v) is 12.0. The average molecular weight is 491 g/mol. The van der Waals surface area contributed by atoms with Crippen molar-refractivity contribution in [3.63, 3.8) is 0 Å². The number of nitrogens with zero attached hydrogens (tertiary/aromatic N) is 3. The SMILES string of the molecule is NC(=O)CN(CCC1CCCCC1)CC(=O)N1CCCc2cc(S(=O)(=O)N3CCCC3)ccc21. The van der Waals surface area contributed by atoms with Crippen LogP contribution >= 0.6 is 0 Å². The van der Waals surface area contributed by atoms with Crippen LogP contribution in [0.3, 0.4) is 0 Å². The number of fused-ring (bicyclic) bond motifs is 1. The highest BCUT2D eigenvalue weighted by molar-refractivity contribution is 7.89. The minimum Gasteiger partial charge on any atom is -0.369 e. The van der Waals surface area contributed by atoms with Crippen molar-refractivity contribution >= 4 is 27.5 Å². The van der Waals surface area contributed by atoms with Crippen molar-refractivity contribution in [2.75, 3.05) is 44.2 Å². The molecule has 0 atom stereocenters. The minimum atomic E-state index is -3.49. The number of nitrogens with two attached hydrogens (primary N) is 1. The third-order valence-corrected chi connectivity index (χ3v) is 9.38. The van der Waals surface area contributed by atoms with Gasteiger partial charge >= 0.3 is 0 Å². The molecule has 0 unspecified atom stereocenters. The molecule has 0 spiro atoms. The van der Waals surface area contributed by atoms with Crippen LogP contribution in [0.1, 0.15) is 63.4 Å². The van der Waals surface area contributed by atoms with E-state index in [1.807, 2.05) is 4.90 Å². The van der Waals surface area contributed by atoms with Crippen molar-refractivity contribution in [1.29, 1.82) is 0 Å². The average Bonchev–Trinajstić information content (AvgIpc) is 3.38. The van der Waals surface area contributed by atoms with E-state index in [1.165, 1.54) is 32.1 Å². The molecule has 34 heavy (non-hydrogen) atoms. The van der Waals surface area contributed by atoms with Crippen molar-refractivity contribution in [1.82, 2.24) is 9.21 Å². The van der Waals surface area contributed by atoms with Crippen molar-refractivity contribution in [3.8, 4) is 0 Å². The van der Waals surface area contributed by atoms with Crippen LogP contribution in [0.25, 0.3) is 0 Å². The molecule has 0 aromatic heterocycles. The standard InChI is InChI=1S/C25H38N4O4S/c26-24(30)18-27(16-12-20-7-2-1-3-8-20)19-25(31)29-15-6-9-21-17-22(10-11-23(21)29)34(32,33)28-13-4-5-14-28/h10-11,17,20H,1-9,12-16,18-19H2,(H2,26,30). The molecule has 2 amide bonds. The van der Waals surface area contributed by atoms with Gasteiger partial charge in [0.25, 0.3) is 0 Å². The van der Waals surface area contributed by atoms with E-state index in [1.54, 1.807) is 27.4 Å². The van der Waals surface area contributed by atoms with Gasteiger partial charge in [-0.15, -0.1) is 0 Å². The Morgan fingerprint density at radius 2 is 1.71 bits per heavy atom. The zero-order valence-corrected chi connectivity index (χ0v) is 20.9.